The summed E-state index contributed by atoms with van der Waals surface area (Å²) in [7, 11) is 0. The van der Waals surface area contributed by atoms with Gasteiger partial charge in [0.25, 0.3) is 0 Å². The Morgan fingerprint density at radius 2 is 1.84 bits per heavy atom. The molecule has 3 nitrogen and oxygen atoms in total. The van der Waals surface area contributed by atoms with Crippen LogP contribution in [0.25, 0.3) is 0 Å². The SMILES string of the molecule is CCNCc1ccccc1N(CCO)C(CC)CC. The Morgan fingerprint density at radius 1 is 1.16 bits per heavy atom. The molecule has 2 N–H and O–H groups in total. The summed E-state index contributed by atoms with van der Waals surface area (Å²) >= 11 is 0. The molecule has 0 saturated heterocycles. The molecule has 1 aromatic rings. The molecule has 0 atom stereocenters. The maximum absolute atomic E-state index is 9.35. The topological polar surface area (TPSA) is 35.5 Å². The van der Waals surface area contributed by atoms with Gasteiger partial charge in [0, 0.05) is 24.8 Å². The van der Waals surface area contributed by atoms with Gasteiger partial charge in [0.1, 0.15) is 0 Å². The summed E-state index contributed by atoms with van der Waals surface area (Å²) in [6.45, 7) is 9.31. The molecule has 0 aliphatic carbocycles. The Balaban J connectivity index is 2.99. The van der Waals surface area contributed by atoms with Gasteiger partial charge in [-0.25, -0.2) is 0 Å². The number of anilines is 1. The monoisotopic (exact) mass is 264 g/mol. The van der Waals surface area contributed by atoms with Gasteiger partial charge in [0.15, 0.2) is 0 Å². The predicted molar refractivity (Wildman–Crippen MR) is 82.6 cm³/mol. The van der Waals surface area contributed by atoms with Crippen molar-refractivity contribution in [3.05, 3.63) is 29.8 Å². The summed E-state index contributed by atoms with van der Waals surface area (Å²) in [5.41, 5.74) is 2.57. The number of benzene rings is 1. The van der Waals surface area contributed by atoms with Crippen molar-refractivity contribution in [1.29, 1.82) is 0 Å². The molecule has 0 fully saturated rings. The lowest BCUT2D eigenvalue weighted by Gasteiger charge is -2.33. The zero-order chi connectivity index (χ0) is 14.1. The van der Waals surface area contributed by atoms with Gasteiger partial charge in [-0.15, -0.1) is 0 Å². The molecule has 3 heteroatoms. The Morgan fingerprint density at radius 3 is 2.42 bits per heavy atom. The molecule has 0 spiro atoms. The van der Waals surface area contributed by atoms with Gasteiger partial charge < -0.3 is 15.3 Å². The number of hydrogen-bond acceptors (Lipinski definition) is 3. The lowest BCUT2D eigenvalue weighted by atomic mass is 10.1. The maximum Gasteiger partial charge on any atom is 0.0606 e. The summed E-state index contributed by atoms with van der Waals surface area (Å²) in [5, 5.41) is 12.7. The van der Waals surface area contributed by atoms with E-state index in [0.29, 0.717) is 12.6 Å². The highest BCUT2D eigenvalue weighted by Crippen LogP contribution is 2.24. The average molecular weight is 264 g/mol. The second-order valence-corrected chi connectivity index (χ2v) is 4.80. The van der Waals surface area contributed by atoms with E-state index in [-0.39, 0.29) is 6.61 Å². The van der Waals surface area contributed by atoms with Gasteiger partial charge >= 0.3 is 0 Å². The van der Waals surface area contributed by atoms with Crippen molar-refractivity contribution >= 4 is 5.69 Å². The molecule has 0 unspecified atom stereocenters. The van der Waals surface area contributed by atoms with Crippen LogP contribution < -0.4 is 10.2 Å². The van der Waals surface area contributed by atoms with E-state index in [4.69, 9.17) is 0 Å². The van der Waals surface area contributed by atoms with Crippen LogP contribution in [0.15, 0.2) is 24.3 Å². The number of hydrogen-bond donors (Lipinski definition) is 2. The minimum atomic E-state index is 0.200. The maximum atomic E-state index is 9.35. The first-order chi connectivity index (χ1) is 9.28. The molecule has 0 radical (unpaired) electrons. The fourth-order valence-electron chi connectivity index (χ4n) is 2.54. The second kappa shape index (κ2) is 8.94. The van der Waals surface area contributed by atoms with Crippen LogP contribution in [0.2, 0.25) is 0 Å². The zero-order valence-electron chi connectivity index (χ0n) is 12.5. The third-order valence-corrected chi connectivity index (χ3v) is 3.59. The Hall–Kier alpha value is -1.06. The second-order valence-electron chi connectivity index (χ2n) is 4.80. The van der Waals surface area contributed by atoms with Crippen molar-refractivity contribution in [3.8, 4) is 0 Å². The van der Waals surface area contributed by atoms with Crippen LogP contribution in [0, 0.1) is 0 Å². The minimum absolute atomic E-state index is 0.200. The zero-order valence-corrected chi connectivity index (χ0v) is 12.5. The number of aliphatic hydroxyl groups excluding tert-OH is 1. The number of para-hydroxylation sites is 1. The number of nitrogens with zero attached hydrogens (tertiary/aromatic N) is 1. The molecule has 1 aromatic carbocycles. The first-order valence-electron chi connectivity index (χ1n) is 7.44. The van der Waals surface area contributed by atoms with E-state index < -0.39 is 0 Å². The molecule has 0 aliphatic heterocycles. The molecular weight excluding hydrogens is 236 g/mol. The van der Waals surface area contributed by atoms with Crippen molar-refractivity contribution in [2.75, 3.05) is 24.6 Å². The van der Waals surface area contributed by atoms with Crippen molar-refractivity contribution in [2.24, 2.45) is 0 Å². The highest BCUT2D eigenvalue weighted by Gasteiger charge is 2.17. The van der Waals surface area contributed by atoms with Gasteiger partial charge in [-0.05, 0) is 31.0 Å². The molecule has 0 bridgehead atoms. The van der Waals surface area contributed by atoms with Gasteiger partial charge in [-0.3, -0.25) is 0 Å². The van der Waals surface area contributed by atoms with E-state index in [1.54, 1.807) is 0 Å². The van der Waals surface area contributed by atoms with Crippen LogP contribution in [0.4, 0.5) is 5.69 Å². The molecule has 0 aliphatic rings. The molecule has 0 heterocycles. The summed E-state index contributed by atoms with van der Waals surface area (Å²) in [5.74, 6) is 0. The minimum Gasteiger partial charge on any atom is -0.395 e. The molecular formula is C16H28N2O. The summed E-state index contributed by atoms with van der Waals surface area (Å²) < 4.78 is 0. The van der Waals surface area contributed by atoms with Crippen molar-refractivity contribution in [2.45, 2.75) is 46.2 Å². The largest absolute Gasteiger partial charge is 0.395 e. The van der Waals surface area contributed by atoms with Crippen LogP contribution >= 0.6 is 0 Å². The first-order valence-corrected chi connectivity index (χ1v) is 7.44. The Kier molecular flexibility index (Phi) is 7.53. The van der Waals surface area contributed by atoms with Gasteiger partial charge in [0.05, 0.1) is 6.61 Å². The van der Waals surface area contributed by atoms with Crippen LogP contribution in [0.1, 0.15) is 39.2 Å². The van der Waals surface area contributed by atoms with Gasteiger partial charge in [-0.1, -0.05) is 39.0 Å². The summed E-state index contributed by atoms with van der Waals surface area (Å²) in [6, 6.07) is 9.00. The molecule has 19 heavy (non-hydrogen) atoms. The molecule has 108 valence electrons. The highest BCUT2D eigenvalue weighted by molar-refractivity contribution is 5.54. The quantitative estimate of drug-likeness (QED) is 0.720. The number of nitrogens with one attached hydrogen (secondary N) is 1. The summed E-state index contributed by atoms with van der Waals surface area (Å²) in [6.07, 6.45) is 2.21. The normalized spacial score (nSPS) is 11.0. The smallest absolute Gasteiger partial charge is 0.0606 e. The lowest BCUT2D eigenvalue weighted by molar-refractivity contribution is 0.296. The third kappa shape index (κ3) is 4.51. The standard InChI is InChI=1S/C16H28N2O/c1-4-15(5-2)18(11-12-19)16-10-8-7-9-14(16)13-17-6-3/h7-10,15,17,19H,4-6,11-13H2,1-3H3. The molecule has 1 rings (SSSR count). The van der Waals surface area contributed by atoms with E-state index in [0.717, 1.165) is 25.9 Å². The fraction of sp³-hybridized carbons (Fsp3) is 0.625. The Bertz CT molecular complexity index is 350. The van der Waals surface area contributed by atoms with Gasteiger partial charge in [0.2, 0.25) is 0 Å². The molecule has 0 aromatic heterocycles. The van der Waals surface area contributed by atoms with Crippen molar-refractivity contribution in [1.82, 2.24) is 5.32 Å². The van der Waals surface area contributed by atoms with E-state index in [1.165, 1.54) is 11.3 Å². The van der Waals surface area contributed by atoms with Crippen LogP contribution in [-0.4, -0.2) is 30.8 Å². The average Bonchev–Trinajstić information content (AvgIpc) is 2.46. The van der Waals surface area contributed by atoms with Crippen LogP contribution in [0.5, 0.6) is 0 Å². The highest BCUT2D eigenvalue weighted by atomic mass is 16.3. The first kappa shape index (κ1) is 16.0. The Labute approximate surface area is 117 Å². The lowest BCUT2D eigenvalue weighted by Crippen LogP contribution is -2.37. The molecule has 0 amide bonds. The van der Waals surface area contributed by atoms with E-state index >= 15 is 0 Å². The fourth-order valence-corrected chi connectivity index (χ4v) is 2.54. The van der Waals surface area contributed by atoms with E-state index in [2.05, 4.69) is 55.3 Å². The van der Waals surface area contributed by atoms with Crippen LogP contribution in [-0.2, 0) is 6.54 Å². The summed E-state index contributed by atoms with van der Waals surface area (Å²) in [4.78, 5) is 2.35. The van der Waals surface area contributed by atoms with Crippen LogP contribution in [0.3, 0.4) is 0 Å². The molecule has 0 saturated carbocycles. The van der Waals surface area contributed by atoms with E-state index in [1.807, 2.05) is 0 Å². The van der Waals surface area contributed by atoms with Gasteiger partial charge in [-0.2, -0.15) is 0 Å². The van der Waals surface area contributed by atoms with E-state index in [9.17, 15) is 5.11 Å². The predicted octanol–water partition coefficient (Wildman–Crippen LogP) is 2.78. The van der Waals surface area contributed by atoms with Crippen molar-refractivity contribution < 1.29 is 5.11 Å². The number of aliphatic hydroxyl groups is 1. The number of rotatable bonds is 9. The van der Waals surface area contributed by atoms with Crippen molar-refractivity contribution in [3.63, 3.8) is 0 Å². The third-order valence-electron chi connectivity index (χ3n) is 3.59.